The Balaban J connectivity index is 1.54. The van der Waals surface area contributed by atoms with E-state index in [9.17, 15) is 9.90 Å². The predicted octanol–water partition coefficient (Wildman–Crippen LogP) is 3.11. The summed E-state index contributed by atoms with van der Waals surface area (Å²) in [7, 11) is 1.63. The zero-order chi connectivity index (χ0) is 18.5. The molecule has 2 N–H and O–H groups in total. The summed E-state index contributed by atoms with van der Waals surface area (Å²) in [4.78, 5) is 16.2. The van der Waals surface area contributed by atoms with Crippen LogP contribution >= 0.6 is 0 Å². The number of aliphatic hydroxyl groups excluding tert-OH is 1. The van der Waals surface area contributed by atoms with Gasteiger partial charge in [0.1, 0.15) is 0 Å². The molecule has 0 fully saturated rings. The van der Waals surface area contributed by atoms with Gasteiger partial charge in [0.2, 0.25) is 0 Å². The van der Waals surface area contributed by atoms with E-state index in [-0.39, 0.29) is 17.9 Å². The molecule has 0 bridgehead atoms. The molecule has 0 saturated heterocycles. The zero-order valence-corrected chi connectivity index (χ0v) is 15.1. The molecule has 3 aromatic rings. The van der Waals surface area contributed by atoms with E-state index in [0.29, 0.717) is 5.56 Å². The Morgan fingerprint density at radius 2 is 2.07 bits per heavy atom. The molecule has 1 aliphatic carbocycles. The van der Waals surface area contributed by atoms with Crippen LogP contribution in [0.3, 0.4) is 0 Å². The second-order valence-electron chi connectivity index (χ2n) is 7.36. The Kier molecular flexibility index (Phi) is 3.65. The quantitative estimate of drug-likeness (QED) is 0.739. The maximum atomic E-state index is 11.9. The summed E-state index contributed by atoms with van der Waals surface area (Å²) in [6, 6.07) is 14.1. The van der Waals surface area contributed by atoms with Crippen molar-refractivity contribution in [2.45, 2.75) is 25.0 Å². The Morgan fingerprint density at radius 1 is 1.22 bits per heavy atom. The fraction of sp³-hybridized carbons (Fsp3) is 0.273. The zero-order valence-electron chi connectivity index (χ0n) is 15.1. The number of carbonyl (C=O) groups excluding carboxylic acids is 1. The third-order valence-electron chi connectivity index (χ3n) is 6.03. The van der Waals surface area contributed by atoms with E-state index in [1.54, 1.807) is 13.1 Å². The number of fused-ring (bicyclic) bond motifs is 4. The summed E-state index contributed by atoms with van der Waals surface area (Å²) >= 11 is 0. The van der Waals surface area contributed by atoms with Crippen molar-refractivity contribution in [1.82, 2.24) is 14.9 Å². The first-order chi connectivity index (χ1) is 13.2. The fourth-order valence-corrected chi connectivity index (χ4v) is 4.75. The minimum absolute atomic E-state index is 0.0694. The normalized spacial score (nSPS) is 22.7. The molecule has 27 heavy (non-hydrogen) atoms. The molecular weight excluding hydrogens is 338 g/mol. The second kappa shape index (κ2) is 6.06. The molecule has 2 aromatic carbocycles. The maximum absolute atomic E-state index is 11.9. The van der Waals surface area contributed by atoms with Crippen LogP contribution < -0.4 is 5.32 Å². The summed E-state index contributed by atoms with van der Waals surface area (Å²) in [6.07, 6.45) is 4.92. The number of aryl methyl sites for hydroxylation is 1. The van der Waals surface area contributed by atoms with E-state index >= 15 is 0 Å². The molecule has 1 amide bonds. The molecule has 2 aliphatic rings. The van der Waals surface area contributed by atoms with Crippen LogP contribution in [0, 0.1) is 5.92 Å². The number of hydrogen-bond acceptors (Lipinski definition) is 3. The minimum atomic E-state index is -0.570. The van der Waals surface area contributed by atoms with Crippen molar-refractivity contribution in [1.29, 1.82) is 0 Å². The van der Waals surface area contributed by atoms with Crippen LogP contribution in [0.15, 0.2) is 55.0 Å². The van der Waals surface area contributed by atoms with Gasteiger partial charge in [-0.1, -0.05) is 30.3 Å². The van der Waals surface area contributed by atoms with E-state index in [0.717, 1.165) is 29.7 Å². The highest BCUT2D eigenvalue weighted by molar-refractivity contribution is 5.94. The first-order valence-electron chi connectivity index (χ1n) is 9.33. The van der Waals surface area contributed by atoms with E-state index in [4.69, 9.17) is 0 Å². The smallest absolute Gasteiger partial charge is 0.251 e. The van der Waals surface area contributed by atoms with Crippen LogP contribution in [0.4, 0.5) is 0 Å². The standard InChI is InChI=1S/C22H21N3O2/c1-23-22(27)14-7-8-15-13(10-14)6-9-18(21(15)26)20-17-5-3-2-4-16(17)19-11-24-12-25(19)20/h2-5,7-8,10-12,18,20-21,26H,6,9H2,1H3,(H,23,27)/t18-,20+,21+/m1/s1. The predicted molar refractivity (Wildman–Crippen MR) is 102 cm³/mol. The SMILES string of the molecule is CNC(=O)c1ccc2c(c1)CC[C@H]([C@@H]1c3ccccc3-c3cncn31)[C@H]2O. The molecular formula is C22H21N3O2. The van der Waals surface area contributed by atoms with Gasteiger partial charge in [0.15, 0.2) is 0 Å². The number of nitrogens with zero attached hydrogens (tertiary/aromatic N) is 2. The van der Waals surface area contributed by atoms with Crippen molar-refractivity contribution in [3.8, 4) is 11.3 Å². The van der Waals surface area contributed by atoms with E-state index in [1.807, 2.05) is 30.7 Å². The molecule has 0 saturated carbocycles. The number of benzene rings is 2. The van der Waals surface area contributed by atoms with E-state index in [2.05, 4.69) is 33.1 Å². The molecule has 0 unspecified atom stereocenters. The van der Waals surface area contributed by atoms with Crippen LogP contribution in [-0.2, 0) is 6.42 Å². The summed E-state index contributed by atoms with van der Waals surface area (Å²) < 4.78 is 2.20. The third kappa shape index (κ3) is 2.35. The summed E-state index contributed by atoms with van der Waals surface area (Å²) in [5.74, 6) is -0.0258. The summed E-state index contributed by atoms with van der Waals surface area (Å²) in [5.41, 5.74) is 6.22. The highest BCUT2D eigenvalue weighted by atomic mass is 16.3. The maximum Gasteiger partial charge on any atom is 0.251 e. The summed E-state index contributed by atoms with van der Waals surface area (Å²) in [5, 5.41) is 13.9. The number of carbonyl (C=O) groups is 1. The van der Waals surface area contributed by atoms with E-state index < -0.39 is 6.10 Å². The van der Waals surface area contributed by atoms with Gasteiger partial charge in [0.25, 0.3) is 5.91 Å². The average molecular weight is 359 g/mol. The van der Waals surface area contributed by atoms with Crippen molar-refractivity contribution in [2.24, 2.45) is 5.92 Å². The van der Waals surface area contributed by atoms with Crippen molar-refractivity contribution in [3.05, 3.63) is 77.2 Å². The van der Waals surface area contributed by atoms with Gasteiger partial charge in [-0.15, -0.1) is 0 Å². The molecule has 136 valence electrons. The molecule has 3 atom stereocenters. The number of imidazole rings is 1. The molecule has 5 rings (SSSR count). The third-order valence-corrected chi connectivity index (χ3v) is 6.03. The highest BCUT2D eigenvalue weighted by Crippen LogP contribution is 2.49. The van der Waals surface area contributed by atoms with Gasteiger partial charge >= 0.3 is 0 Å². The summed E-state index contributed by atoms with van der Waals surface area (Å²) in [6.45, 7) is 0. The molecule has 5 heteroatoms. The first-order valence-corrected chi connectivity index (χ1v) is 9.33. The van der Waals surface area contributed by atoms with Gasteiger partial charge in [0.05, 0.1) is 30.4 Å². The van der Waals surface area contributed by atoms with Gasteiger partial charge in [-0.25, -0.2) is 4.98 Å². The molecule has 0 radical (unpaired) electrons. The van der Waals surface area contributed by atoms with Gasteiger partial charge in [-0.2, -0.15) is 0 Å². The first kappa shape index (κ1) is 16.3. The van der Waals surface area contributed by atoms with Gasteiger partial charge in [-0.3, -0.25) is 4.79 Å². The van der Waals surface area contributed by atoms with Crippen molar-refractivity contribution in [3.63, 3.8) is 0 Å². The van der Waals surface area contributed by atoms with Crippen LogP contribution in [0.25, 0.3) is 11.3 Å². The topological polar surface area (TPSA) is 67.2 Å². The molecule has 2 heterocycles. The van der Waals surface area contributed by atoms with Crippen LogP contribution in [0.5, 0.6) is 0 Å². The minimum Gasteiger partial charge on any atom is -0.388 e. The molecule has 5 nitrogen and oxygen atoms in total. The lowest BCUT2D eigenvalue weighted by Crippen LogP contribution is -2.29. The Bertz CT molecular complexity index is 1040. The number of amides is 1. The highest BCUT2D eigenvalue weighted by Gasteiger charge is 2.40. The van der Waals surface area contributed by atoms with E-state index in [1.165, 1.54) is 11.1 Å². The Hall–Kier alpha value is -2.92. The number of rotatable bonds is 2. The number of nitrogens with one attached hydrogen (secondary N) is 1. The largest absolute Gasteiger partial charge is 0.388 e. The molecule has 1 aliphatic heterocycles. The fourth-order valence-electron chi connectivity index (χ4n) is 4.75. The molecule has 1 aromatic heterocycles. The van der Waals surface area contributed by atoms with Gasteiger partial charge in [-0.05, 0) is 41.7 Å². The second-order valence-corrected chi connectivity index (χ2v) is 7.36. The Morgan fingerprint density at radius 3 is 2.93 bits per heavy atom. The van der Waals surface area contributed by atoms with Crippen LogP contribution in [-0.4, -0.2) is 27.6 Å². The average Bonchev–Trinajstić information content (AvgIpc) is 3.29. The lowest BCUT2D eigenvalue weighted by atomic mass is 9.75. The lowest BCUT2D eigenvalue weighted by molar-refractivity contribution is 0.0719. The van der Waals surface area contributed by atoms with Crippen LogP contribution in [0.2, 0.25) is 0 Å². The number of aromatic nitrogens is 2. The molecule has 0 spiro atoms. The van der Waals surface area contributed by atoms with Crippen molar-refractivity contribution in [2.75, 3.05) is 7.05 Å². The van der Waals surface area contributed by atoms with Crippen molar-refractivity contribution < 1.29 is 9.90 Å². The number of hydrogen-bond donors (Lipinski definition) is 2. The van der Waals surface area contributed by atoms with Crippen molar-refractivity contribution >= 4 is 5.91 Å². The van der Waals surface area contributed by atoms with Gasteiger partial charge in [0, 0.05) is 24.1 Å². The number of aliphatic hydroxyl groups is 1. The monoisotopic (exact) mass is 359 g/mol. The lowest BCUT2D eigenvalue weighted by Gasteiger charge is -2.35. The van der Waals surface area contributed by atoms with Crippen LogP contribution in [0.1, 0.15) is 45.6 Å². The van der Waals surface area contributed by atoms with Gasteiger partial charge < -0.3 is 15.0 Å². The Labute approximate surface area is 157 Å².